The van der Waals surface area contributed by atoms with Crippen molar-refractivity contribution in [3.05, 3.63) is 77.8 Å². The highest BCUT2D eigenvalue weighted by molar-refractivity contribution is 5.62. The zero-order valence-electron chi connectivity index (χ0n) is 15.7. The summed E-state index contributed by atoms with van der Waals surface area (Å²) in [6, 6.07) is 18.3. The second-order valence-corrected chi connectivity index (χ2v) is 7.38. The topological polar surface area (TPSA) is 49.5 Å². The monoisotopic (exact) mass is 362 g/mol. The first-order chi connectivity index (χ1) is 13.2. The quantitative estimate of drug-likeness (QED) is 0.721. The lowest BCUT2D eigenvalue weighted by atomic mass is 9.89. The van der Waals surface area contributed by atoms with E-state index >= 15 is 0 Å². The molecule has 1 N–H and O–H groups in total. The summed E-state index contributed by atoms with van der Waals surface area (Å²) < 4.78 is 5.84. The maximum absolute atomic E-state index is 10.6. The van der Waals surface area contributed by atoms with E-state index in [9.17, 15) is 5.11 Å². The summed E-state index contributed by atoms with van der Waals surface area (Å²) in [5.41, 5.74) is 3.24. The zero-order chi connectivity index (χ0) is 18.6. The Morgan fingerprint density at radius 3 is 2.56 bits per heavy atom. The standard InChI is InChI=1S/C23H26N2O2/c1-17-9-10-22(27-17)20-7-3-2-6-19(20)16-25-14-11-18(12-15-25)23(26)21-8-4-5-13-24-21/h2-10,13,18,23,26H,11-12,14-16H2,1H3. The lowest BCUT2D eigenvalue weighted by molar-refractivity contribution is 0.0540. The van der Waals surface area contributed by atoms with Gasteiger partial charge in [0.1, 0.15) is 11.5 Å². The second-order valence-electron chi connectivity index (χ2n) is 7.38. The Morgan fingerprint density at radius 1 is 1.07 bits per heavy atom. The molecule has 1 fully saturated rings. The van der Waals surface area contributed by atoms with Crippen LogP contribution in [0.2, 0.25) is 0 Å². The summed E-state index contributed by atoms with van der Waals surface area (Å²) in [4.78, 5) is 6.78. The van der Waals surface area contributed by atoms with Crippen molar-refractivity contribution in [3.63, 3.8) is 0 Å². The van der Waals surface area contributed by atoms with E-state index in [2.05, 4.69) is 34.1 Å². The lowest BCUT2D eigenvalue weighted by Gasteiger charge is -2.34. The van der Waals surface area contributed by atoms with Gasteiger partial charge in [-0.3, -0.25) is 9.88 Å². The van der Waals surface area contributed by atoms with Crippen molar-refractivity contribution in [1.82, 2.24) is 9.88 Å². The number of aliphatic hydroxyl groups excluding tert-OH is 1. The van der Waals surface area contributed by atoms with Crippen molar-refractivity contribution in [2.24, 2.45) is 5.92 Å². The van der Waals surface area contributed by atoms with E-state index in [1.807, 2.05) is 37.3 Å². The van der Waals surface area contributed by atoms with Gasteiger partial charge in [-0.1, -0.05) is 30.3 Å². The van der Waals surface area contributed by atoms with E-state index in [1.165, 1.54) is 11.1 Å². The van der Waals surface area contributed by atoms with Crippen molar-refractivity contribution in [1.29, 1.82) is 0 Å². The van der Waals surface area contributed by atoms with Crippen LogP contribution < -0.4 is 0 Å². The molecule has 0 radical (unpaired) electrons. The minimum absolute atomic E-state index is 0.277. The maximum atomic E-state index is 10.6. The van der Waals surface area contributed by atoms with Crippen molar-refractivity contribution in [2.75, 3.05) is 13.1 Å². The second kappa shape index (κ2) is 8.07. The normalized spacial score (nSPS) is 17.1. The van der Waals surface area contributed by atoms with Gasteiger partial charge < -0.3 is 9.52 Å². The molecule has 1 aromatic carbocycles. The van der Waals surface area contributed by atoms with Crippen LogP contribution in [0.1, 0.15) is 36.0 Å². The Labute approximate surface area is 160 Å². The molecule has 1 saturated heterocycles. The van der Waals surface area contributed by atoms with E-state index in [1.54, 1.807) is 6.20 Å². The molecule has 0 amide bonds. The number of hydrogen-bond acceptors (Lipinski definition) is 4. The van der Waals surface area contributed by atoms with E-state index in [0.29, 0.717) is 0 Å². The molecule has 4 rings (SSSR count). The first-order valence-electron chi connectivity index (χ1n) is 9.67. The summed E-state index contributed by atoms with van der Waals surface area (Å²) in [6.07, 6.45) is 3.26. The van der Waals surface area contributed by atoms with Crippen molar-refractivity contribution >= 4 is 0 Å². The fraction of sp³-hybridized carbons (Fsp3) is 0.348. The van der Waals surface area contributed by atoms with Crippen LogP contribution in [-0.4, -0.2) is 28.1 Å². The van der Waals surface area contributed by atoms with E-state index in [-0.39, 0.29) is 5.92 Å². The average Bonchev–Trinajstić information content (AvgIpc) is 3.15. The fourth-order valence-corrected chi connectivity index (χ4v) is 3.94. The Morgan fingerprint density at radius 2 is 1.85 bits per heavy atom. The lowest BCUT2D eigenvalue weighted by Crippen LogP contribution is -2.35. The fourth-order valence-electron chi connectivity index (χ4n) is 3.94. The van der Waals surface area contributed by atoms with Crippen LogP contribution in [0.3, 0.4) is 0 Å². The number of piperidine rings is 1. The summed E-state index contributed by atoms with van der Waals surface area (Å²) in [7, 11) is 0. The van der Waals surface area contributed by atoms with Gasteiger partial charge in [-0.05, 0) is 68.6 Å². The van der Waals surface area contributed by atoms with Crippen LogP contribution in [0.15, 0.2) is 65.2 Å². The molecule has 140 valence electrons. The van der Waals surface area contributed by atoms with Crippen LogP contribution in [-0.2, 0) is 6.54 Å². The molecule has 27 heavy (non-hydrogen) atoms. The van der Waals surface area contributed by atoms with Crippen LogP contribution in [0.5, 0.6) is 0 Å². The molecule has 3 heterocycles. The highest BCUT2D eigenvalue weighted by Gasteiger charge is 2.27. The van der Waals surface area contributed by atoms with Crippen LogP contribution >= 0.6 is 0 Å². The van der Waals surface area contributed by atoms with Gasteiger partial charge in [-0.2, -0.15) is 0 Å². The zero-order valence-corrected chi connectivity index (χ0v) is 15.7. The molecule has 1 aliphatic heterocycles. The van der Waals surface area contributed by atoms with Crippen molar-refractivity contribution in [3.8, 4) is 11.3 Å². The van der Waals surface area contributed by atoms with Gasteiger partial charge in [-0.25, -0.2) is 0 Å². The molecule has 1 atom stereocenters. The first-order valence-corrected chi connectivity index (χ1v) is 9.67. The predicted octanol–water partition coefficient (Wildman–Crippen LogP) is 4.60. The van der Waals surface area contributed by atoms with Gasteiger partial charge in [0, 0.05) is 18.3 Å². The number of pyridine rings is 1. The SMILES string of the molecule is Cc1ccc(-c2ccccc2CN2CCC(C(O)c3ccccn3)CC2)o1. The van der Waals surface area contributed by atoms with Gasteiger partial charge in [-0.15, -0.1) is 0 Å². The minimum atomic E-state index is -0.466. The molecule has 1 unspecified atom stereocenters. The van der Waals surface area contributed by atoms with Crippen molar-refractivity contribution < 1.29 is 9.52 Å². The van der Waals surface area contributed by atoms with E-state index < -0.39 is 6.10 Å². The van der Waals surface area contributed by atoms with Gasteiger partial charge in [0.2, 0.25) is 0 Å². The molecule has 3 aromatic rings. The third kappa shape index (κ3) is 4.12. The largest absolute Gasteiger partial charge is 0.461 e. The van der Waals surface area contributed by atoms with Gasteiger partial charge >= 0.3 is 0 Å². The Hall–Kier alpha value is -2.43. The van der Waals surface area contributed by atoms with Crippen LogP contribution in [0.4, 0.5) is 0 Å². The molecule has 4 nitrogen and oxygen atoms in total. The number of benzene rings is 1. The minimum Gasteiger partial charge on any atom is -0.461 e. The third-order valence-electron chi connectivity index (χ3n) is 5.49. The highest BCUT2D eigenvalue weighted by atomic mass is 16.3. The van der Waals surface area contributed by atoms with Gasteiger partial charge in [0.05, 0.1) is 11.8 Å². The Balaban J connectivity index is 1.40. The Kier molecular flexibility index (Phi) is 5.37. The van der Waals surface area contributed by atoms with Crippen molar-refractivity contribution in [2.45, 2.75) is 32.4 Å². The van der Waals surface area contributed by atoms with Crippen LogP contribution in [0.25, 0.3) is 11.3 Å². The molecule has 0 aliphatic carbocycles. The molecule has 4 heteroatoms. The van der Waals surface area contributed by atoms with E-state index in [4.69, 9.17) is 4.42 Å². The number of rotatable bonds is 5. The molecule has 0 spiro atoms. The van der Waals surface area contributed by atoms with Gasteiger partial charge in [0.15, 0.2) is 0 Å². The number of nitrogens with zero attached hydrogens (tertiary/aromatic N) is 2. The van der Waals surface area contributed by atoms with Crippen LogP contribution in [0, 0.1) is 12.8 Å². The molecule has 1 aliphatic rings. The molecule has 0 bridgehead atoms. The molecule has 0 saturated carbocycles. The summed E-state index contributed by atoms with van der Waals surface area (Å²) in [5.74, 6) is 2.15. The molecular weight excluding hydrogens is 336 g/mol. The first kappa shape index (κ1) is 18.0. The Bertz CT molecular complexity index is 867. The number of hydrogen-bond donors (Lipinski definition) is 1. The summed E-state index contributed by atoms with van der Waals surface area (Å²) in [6.45, 7) is 4.85. The highest BCUT2D eigenvalue weighted by Crippen LogP contribution is 2.32. The third-order valence-corrected chi connectivity index (χ3v) is 5.49. The number of aliphatic hydroxyl groups is 1. The van der Waals surface area contributed by atoms with Gasteiger partial charge in [0.25, 0.3) is 0 Å². The average molecular weight is 362 g/mol. The van der Waals surface area contributed by atoms with E-state index in [0.717, 1.165) is 49.7 Å². The summed E-state index contributed by atoms with van der Waals surface area (Å²) >= 11 is 0. The smallest absolute Gasteiger partial charge is 0.134 e. The number of furan rings is 1. The number of aryl methyl sites for hydroxylation is 1. The molecular formula is C23H26N2O2. The number of aromatic nitrogens is 1. The number of likely N-dealkylation sites (tertiary alicyclic amines) is 1. The predicted molar refractivity (Wildman–Crippen MR) is 106 cm³/mol. The maximum Gasteiger partial charge on any atom is 0.134 e. The molecule has 2 aromatic heterocycles. The summed E-state index contributed by atoms with van der Waals surface area (Å²) in [5, 5.41) is 10.6.